The van der Waals surface area contributed by atoms with Gasteiger partial charge in [0.15, 0.2) is 0 Å². The van der Waals surface area contributed by atoms with Gasteiger partial charge in [0, 0.05) is 0 Å². The second-order valence-corrected chi connectivity index (χ2v) is 5.33. The Kier molecular flexibility index (Phi) is 3.11. The van der Waals surface area contributed by atoms with Gasteiger partial charge in [-0.05, 0) is 14.1 Å². The first-order chi connectivity index (χ1) is 5.44. The molecule has 0 aliphatic rings. The maximum Gasteiger partial charge on any atom is 0.463 e. The molecule has 0 fully saturated rings. The Morgan fingerprint density at radius 3 is 1.15 bits per heavy atom. The highest BCUT2D eigenvalue weighted by molar-refractivity contribution is 7.63. The SMILES string of the molecule is CN(C)P(=O)(C(F)(F)F)C(F)(F)F. The van der Waals surface area contributed by atoms with E-state index in [2.05, 4.69) is 0 Å². The van der Waals surface area contributed by atoms with Gasteiger partial charge in [-0.25, -0.2) is 4.67 Å². The molecule has 0 saturated heterocycles. The van der Waals surface area contributed by atoms with Crippen LogP contribution in [0.1, 0.15) is 0 Å². The summed E-state index contributed by atoms with van der Waals surface area (Å²) in [5, 5.41) is 0. The summed E-state index contributed by atoms with van der Waals surface area (Å²) in [5.41, 5.74) is 0. The van der Waals surface area contributed by atoms with E-state index in [1.54, 1.807) is 0 Å². The Morgan fingerprint density at radius 1 is 0.923 bits per heavy atom. The lowest BCUT2D eigenvalue weighted by Crippen LogP contribution is -2.31. The average Bonchev–Trinajstić information content (AvgIpc) is 1.80. The summed E-state index contributed by atoms with van der Waals surface area (Å²) >= 11 is 0. The zero-order valence-electron chi connectivity index (χ0n) is 6.57. The van der Waals surface area contributed by atoms with E-state index in [0.29, 0.717) is 14.1 Å². The Morgan fingerprint density at radius 2 is 1.15 bits per heavy atom. The van der Waals surface area contributed by atoms with E-state index in [-0.39, 0.29) is 4.67 Å². The van der Waals surface area contributed by atoms with Gasteiger partial charge < -0.3 is 0 Å². The van der Waals surface area contributed by atoms with E-state index in [9.17, 15) is 30.9 Å². The first-order valence-electron chi connectivity index (χ1n) is 2.86. The standard InChI is InChI=1S/C4H6F6NOP/c1-11(2)13(12,3(5,6)7)4(8,9)10/h1-2H3. The van der Waals surface area contributed by atoms with Gasteiger partial charge in [0.1, 0.15) is 0 Å². The summed E-state index contributed by atoms with van der Waals surface area (Å²) in [5.74, 6) is -11.6. The zero-order valence-corrected chi connectivity index (χ0v) is 7.46. The molecule has 0 atom stereocenters. The van der Waals surface area contributed by atoms with Crippen LogP contribution in [0.3, 0.4) is 0 Å². The normalized spacial score (nSPS) is 15.2. The lowest BCUT2D eigenvalue weighted by Gasteiger charge is -2.28. The molecule has 0 aromatic carbocycles. The van der Waals surface area contributed by atoms with Crippen molar-refractivity contribution in [3.8, 4) is 0 Å². The van der Waals surface area contributed by atoms with E-state index < -0.39 is 19.1 Å². The van der Waals surface area contributed by atoms with Crippen LogP contribution in [0.2, 0.25) is 0 Å². The summed E-state index contributed by atoms with van der Waals surface area (Å²) in [6.07, 6.45) is 0. The van der Waals surface area contributed by atoms with Crippen molar-refractivity contribution in [1.82, 2.24) is 4.67 Å². The van der Waals surface area contributed by atoms with Crippen LogP contribution in [0.5, 0.6) is 0 Å². The average molecular weight is 229 g/mol. The van der Waals surface area contributed by atoms with E-state index in [1.165, 1.54) is 0 Å². The molecular weight excluding hydrogens is 223 g/mol. The fourth-order valence-electron chi connectivity index (χ4n) is 0.597. The second-order valence-electron chi connectivity index (χ2n) is 2.36. The summed E-state index contributed by atoms with van der Waals surface area (Å²) in [6.45, 7) is 0. The van der Waals surface area contributed by atoms with Gasteiger partial charge in [0.05, 0.1) is 0 Å². The van der Waals surface area contributed by atoms with E-state index in [4.69, 9.17) is 0 Å². The molecule has 0 aliphatic carbocycles. The Balaban J connectivity index is 5.37. The number of halogens is 6. The highest BCUT2D eigenvalue weighted by atomic mass is 31.2. The summed E-state index contributed by atoms with van der Waals surface area (Å²) in [6, 6.07) is 0. The van der Waals surface area contributed by atoms with Crippen molar-refractivity contribution >= 4 is 7.29 Å². The summed E-state index contributed by atoms with van der Waals surface area (Å²) < 4.78 is 81.2. The molecule has 9 heteroatoms. The van der Waals surface area contributed by atoms with Crippen LogP contribution in [0.4, 0.5) is 26.3 Å². The molecule has 0 amide bonds. The van der Waals surface area contributed by atoms with Crippen LogP contribution in [0.15, 0.2) is 0 Å². The van der Waals surface area contributed by atoms with E-state index in [0.717, 1.165) is 0 Å². The van der Waals surface area contributed by atoms with Gasteiger partial charge in [-0.2, -0.15) is 26.3 Å². The molecule has 0 aliphatic heterocycles. The van der Waals surface area contributed by atoms with Crippen LogP contribution in [-0.2, 0) is 4.57 Å². The molecule has 2 nitrogen and oxygen atoms in total. The van der Waals surface area contributed by atoms with Gasteiger partial charge >= 0.3 is 19.1 Å². The quantitative estimate of drug-likeness (QED) is 0.509. The minimum atomic E-state index is -6.33. The van der Waals surface area contributed by atoms with Crippen molar-refractivity contribution in [2.45, 2.75) is 11.8 Å². The maximum absolute atomic E-state index is 11.8. The first-order valence-corrected chi connectivity index (χ1v) is 4.52. The van der Waals surface area contributed by atoms with Crippen molar-refractivity contribution < 1.29 is 30.9 Å². The Bertz CT molecular complexity index is 212. The van der Waals surface area contributed by atoms with Crippen LogP contribution < -0.4 is 0 Å². The third-order valence-electron chi connectivity index (χ3n) is 1.25. The van der Waals surface area contributed by atoms with Crippen molar-refractivity contribution in [1.29, 1.82) is 0 Å². The van der Waals surface area contributed by atoms with Gasteiger partial charge in [0.2, 0.25) is 0 Å². The highest BCUT2D eigenvalue weighted by Gasteiger charge is 2.69. The zero-order chi connectivity index (χ0) is 11.1. The van der Waals surface area contributed by atoms with Gasteiger partial charge in [-0.15, -0.1) is 0 Å². The first kappa shape index (κ1) is 12.8. The Labute approximate surface area is 69.9 Å². The number of alkyl halides is 6. The molecule has 80 valence electrons. The fraction of sp³-hybridized carbons (Fsp3) is 1.00. The van der Waals surface area contributed by atoms with Crippen LogP contribution in [-0.4, -0.2) is 30.6 Å². The number of hydrogen-bond acceptors (Lipinski definition) is 1. The van der Waals surface area contributed by atoms with Crippen molar-refractivity contribution in [3.63, 3.8) is 0 Å². The third kappa shape index (κ3) is 1.99. The molecule has 0 rings (SSSR count). The predicted molar refractivity (Wildman–Crippen MR) is 33.4 cm³/mol. The molecule has 0 spiro atoms. The maximum atomic E-state index is 11.8. The topological polar surface area (TPSA) is 20.3 Å². The highest BCUT2D eigenvalue weighted by Crippen LogP contribution is 2.72. The van der Waals surface area contributed by atoms with E-state index in [1.807, 2.05) is 0 Å². The molecule has 0 aromatic heterocycles. The largest absolute Gasteiger partial charge is 0.463 e. The molecule has 0 bridgehead atoms. The summed E-state index contributed by atoms with van der Waals surface area (Å²) in [4.78, 5) is 0. The van der Waals surface area contributed by atoms with Crippen molar-refractivity contribution in [2.75, 3.05) is 14.1 Å². The van der Waals surface area contributed by atoms with Crippen LogP contribution >= 0.6 is 7.29 Å². The van der Waals surface area contributed by atoms with Crippen molar-refractivity contribution in [2.24, 2.45) is 0 Å². The van der Waals surface area contributed by atoms with Crippen molar-refractivity contribution in [3.05, 3.63) is 0 Å². The minimum absolute atomic E-state index is 0.340. The molecular formula is C4H6F6NOP. The van der Waals surface area contributed by atoms with E-state index >= 15 is 0 Å². The molecule has 0 aromatic rings. The second kappa shape index (κ2) is 3.16. The lowest BCUT2D eigenvalue weighted by molar-refractivity contribution is -0.101. The van der Waals surface area contributed by atoms with Crippen LogP contribution in [0.25, 0.3) is 0 Å². The molecule has 0 saturated carbocycles. The lowest BCUT2D eigenvalue weighted by atomic mass is 11.3. The smallest absolute Gasteiger partial charge is 0.287 e. The molecule has 0 radical (unpaired) electrons. The monoisotopic (exact) mass is 229 g/mol. The Hall–Kier alpha value is -0.230. The molecule has 13 heavy (non-hydrogen) atoms. The molecule has 0 heterocycles. The van der Waals surface area contributed by atoms with Gasteiger partial charge in [0.25, 0.3) is 0 Å². The molecule has 0 unspecified atom stereocenters. The van der Waals surface area contributed by atoms with Gasteiger partial charge in [-0.1, -0.05) is 0 Å². The van der Waals surface area contributed by atoms with Crippen LogP contribution in [0, 0.1) is 0 Å². The minimum Gasteiger partial charge on any atom is -0.287 e. The van der Waals surface area contributed by atoms with Gasteiger partial charge in [-0.3, -0.25) is 4.57 Å². The number of hydrogen-bond donors (Lipinski definition) is 0. The third-order valence-corrected chi connectivity index (χ3v) is 3.75. The predicted octanol–water partition coefficient (Wildman–Crippen LogP) is 2.87. The fourth-order valence-corrected chi connectivity index (χ4v) is 1.79. The molecule has 0 N–H and O–H groups in total. The number of nitrogens with zero attached hydrogens (tertiary/aromatic N) is 1. The summed E-state index contributed by atoms with van der Waals surface area (Å²) in [7, 11) is -5.38. The number of rotatable bonds is 1.